The quantitative estimate of drug-likeness (QED) is 0.0617. The topological polar surface area (TPSA) is 77.5 Å². The summed E-state index contributed by atoms with van der Waals surface area (Å²) in [6.45, 7) is 11.7. The third kappa shape index (κ3) is 22.8. The number of carbonyl (C=O) groups is 2. The van der Waals surface area contributed by atoms with Crippen LogP contribution in [0.25, 0.3) is 0 Å². The molecule has 8 nitrogen and oxygen atoms in total. The van der Waals surface area contributed by atoms with Crippen LogP contribution in [0.3, 0.4) is 0 Å². The first-order valence-corrected chi connectivity index (χ1v) is 23.9. The summed E-state index contributed by atoms with van der Waals surface area (Å²) in [5.74, 6) is -12.2. The Bertz CT molecular complexity index is 1990. The number of ether oxygens (including phenoxy) is 1. The summed E-state index contributed by atoms with van der Waals surface area (Å²) < 4.78 is 278. The van der Waals surface area contributed by atoms with Crippen LogP contribution in [0.2, 0.25) is 26.2 Å². The molecule has 0 aliphatic rings. The molecule has 0 radical (unpaired) electrons. The van der Waals surface area contributed by atoms with Crippen molar-refractivity contribution in [3.63, 3.8) is 0 Å². The van der Waals surface area contributed by atoms with Gasteiger partial charge in [0, 0.05) is 25.5 Å². The van der Waals surface area contributed by atoms with E-state index in [1.807, 2.05) is 35.7 Å². The number of alkyl halides is 17. The first-order valence-electron chi connectivity index (χ1n) is 17.8. The molecule has 2 aromatic rings. The zero-order chi connectivity index (χ0) is 56.3. The standard InChI is InChI=1S/C14H18F3NOSi.C12H16FNOSi.C5F10O2.C3H2F6O.C2H2F4O/c1-5-20(3,4)12-8-6-7-11(9-12)18(2)13(19)10-14(15,16)17;1-5-16(3,4)11-8-6-7-10(9-11)14(2)12(13)15;6-1(7)2(8)16-3(9,4(10,11)12)5(13,14)17-15;4-1-2(5,10-9)3(6,7)8;3-2(4,5)1-7-6/h5-9H,1,10H2,2-4H3;5-9H,1H2,2-4H3;;1H2;1H2. The van der Waals surface area contributed by atoms with Crippen molar-refractivity contribution in [2.45, 2.75) is 75.1 Å². The summed E-state index contributed by atoms with van der Waals surface area (Å²) in [5, 5.41) is 2.16. The second-order valence-corrected chi connectivity index (χ2v) is 23.0. The third-order valence-electron chi connectivity index (χ3n) is 8.12. The van der Waals surface area contributed by atoms with E-state index in [9.17, 15) is 115 Å². The maximum Gasteiger partial charge on any atom is 0.470 e. The number of hydrogen-bond acceptors (Lipinski definition) is 6. The Kier molecular flexibility index (Phi) is 27.3. The van der Waals surface area contributed by atoms with E-state index in [2.05, 4.69) is 49.0 Å². The average molecular weight is 1110 g/mol. The monoisotopic (exact) mass is 1110 g/mol. The van der Waals surface area contributed by atoms with Gasteiger partial charge in [0.2, 0.25) is 5.91 Å². The predicted molar refractivity (Wildman–Crippen MR) is 206 cm³/mol. The Morgan fingerprint density at radius 1 is 0.629 bits per heavy atom. The maximum absolute atomic E-state index is 12.6. The van der Waals surface area contributed by atoms with E-state index in [0.717, 1.165) is 20.2 Å². The van der Waals surface area contributed by atoms with Gasteiger partial charge in [-0.05, 0) is 37.8 Å². The van der Waals surface area contributed by atoms with Gasteiger partial charge in [-0.2, -0.15) is 88.4 Å². The lowest BCUT2D eigenvalue weighted by Gasteiger charge is -2.30. The van der Waals surface area contributed by atoms with Crippen molar-refractivity contribution in [1.82, 2.24) is 0 Å². The lowest BCUT2D eigenvalue weighted by molar-refractivity contribution is -0.493. The van der Waals surface area contributed by atoms with Gasteiger partial charge in [-0.15, -0.1) is 27.4 Å². The summed E-state index contributed by atoms with van der Waals surface area (Å²) in [6.07, 6.45) is -34.4. The van der Waals surface area contributed by atoms with Gasteiger partial charge < -0.3 is 9.64 Å². The Morgan fingerprint density at radius 2 is 1.03 bits per heavy atom. The molecule has 0 bridgehead atoms. The van der Waals surface area contributed by atoms with Crippen molar-refractivity contribution in [2.75, 3.05) is 37.2 Å². The van der Waals surface area contributed by atoms with Crippen LogP contribution in [-0.2, 0) is 24.4 Å². The van der Waals surface area contributed by atoms with E-state index in [1.54, 1.807) is 29.2 Å². The van der Waals surface area contributed by atoms with Gasteiger partial charge in [0.25, 0.3) is 0 Å². The number of anilines is 2. The number of carbonyl (C=O) groups excluding carboxylic acids is 2. The molecule has 2 unspecified atom stereocenters. The molecule has 0 aliphatic carbocycles. The van der Waals surface area contributed by atoms with Gasteiger partial charge in [0.1, 0.15) is 22.6 Å². The molecule has 0 heterocycles. The molecule has 2 atom stereocenters. The van der Waals surface area contributed by atoms with Crippen LogP contribution in [-0.4, -0.2) is 98.1 Å². The number of amides is 2. The lowest BCUT2D eigenvalue weighted by atomic mass is 10.2. The van der Waals surface area contributed by atoms with Gasteiger partial charge >= 0.3 is 60.8 Å². The lowest BCUT2D eigenvalue weighted by Crippen LogP contribution is -2.57. The second-order valence-electron chi connectivity index (χ2n) is 14.1. The summed E-state index contributed by atoms with van der Waals surface area (Å²) in [7, 11) is -0.693. The second kappa shape index (κ2) is 27.6. The molecule has 70 heavy (non-hydrogen) atoms. The van der Waals surface area contributed by atoms with Crippen LogP contribution in [0.4, 0.5) is 122 Å². The van der Waals surface area contributed by atoms with Gasteiger partial charge in [0.05, 0.1) is 0 Å². The molecule has 0 saturated carbocycles. The minimum atomic E-state index is -6.75. The Hall–Kier alpha value is -4.97. The van der Waals surface area contributed by atoms with Crippen LogP contribution in [0.5, 0.6) is 0 Å². The van der Waals surface area contributed by atoms with E-state index in [1.165, 1.54) is 19.0 Å². The molecule has 2 amide bonds. The highest BCUT2D eigenvalue weighted by molar-refractivity contribution is 6.94. The molecule has 0 aliphatic heterocycles. The van der Waals surface area contributed by atoms with Gasteiger partial charge in [-0.1, -0.05) is 72.2 Å². The number of nitrogens with zero attached hydrogens (tertiary/aromatic N) is 2. The predicted octanol–water partition coefficient (Wildman–Crippen LogP) is 13.4. The molecule has 2 aromatic carbocycles. The SMILES string of the molecule is C=C[Si](C)(C)c1cccc(N(C)C(=O)CC(F)(F)F)c1.C=C[Si](C)(C)c1cccc(N(C)C(=O)F)c1.FCC(F)(OF)C(F)(F)F.FOC(F)(F)C(F)(OC(F)=C(F)F)C(F)(F)F.FOCC(F)(F)F. The molecular weight excluding hydrogens is 1070 g/mol. The Morgan fingerprint density at radius 3 is 1.26 bits per heavy atom. The van der Waals surface area contributed by atoms with Crippen LogP contribution in [0, 0.1) is 0 Å². The first kappa shape index (κ1) is 69.3. The number of hydrogen-bond donors (Lipinski definition) is 0. The number of rotatable bonds is 14. The summed E-state index contributed by atoms with van der Waals surface area (Å²) >= 11 is 0. The van der Waals surface area contributed by atoms with Crippen molar-refractivity contribution < 1.29 is 135 Å². The van der Waals surface area contributed by atoms with E-state index >= 15 is 0 Å². The Balaban J connectivity index is -0.000000833. The molecular formula is C36H38F24N2O6Si2. The fourth-order valence-corrected chi connectivity index (χ4v) is 6.26. The highest BCUT2D eigenvalue weighted by Gasteiger charge is 2.77. The Labute approximate surface area is 382 Å². The molecule has 0 N–H and O–H groups in total. The number of benzene rings is 2. The van der Waals surface area contributed by atoms with Crippen molar-refractivity contribution in [1.29, 1.82) is 0 Å². The molecule has 0 saturated heterocycles. The minimum Gasteiger partial charge on any atom is -0.414 e. The van der Waals surface area contributed by atoms with Crippen LogP contribution >= 0.6 is 0 Å². The molecule has 2 rings (SSSR count). The first-order chi connectivity index (χ1) is 31.3. The fourth-order valence-electron chi connectivity index (χ4n) is 3.70. The fraction of sp³-hybridized carbons (Fsp3) is 0.444. The van der Waals surface area contributed by atoms with E-state index in [4.69, 9.17) is 0 Å². The van der Waals surface area contributed by atoms with Crippen molar-refractivity contribution in [2.24, 2.45) is 0 Å². The molecule has 0 spiro atoms. The normalized spacial score (nSPS) is 13.8. The highest BCUT2D eigenvalue weighted by Crippen LogP contribution is 2.48. The highest BCUT2D eigenvalue weighted by atomic mass is 28.3. The van der Waals surface area contributed by atoms with Gasteiger partial charge in [-0.3, -0.25) is 9.69 Å². The summed E-state index contributed by atoms with van der Waals surface area (Å²) in [6, 6.07) is 10.9. The van der Waals surface area contributed by atoms with Gasteiger partial charge in [0.15, 0.2) is 13.3 Å². The average Bonchev–Trinajstić information content (AvgIpc) is 3.24. The molecule has 404 valence electrons. The molecule has 34 heteroatoms. The van der Waals surface area contributed by atoms with E-state index in [-0.39, 0.29) is 0 Å². The van der Waals surface area contributed by atoms with Crippen molar-refractivity contribution >= 4 is 50.0 Å². The van der Waals surface area contributed by atoms with Crippen molar-refractivity contribution in [3.05, 3.63) is 85.2 Å². The zero-order valence-electron chi connectivity index (χ0n) is 36.2. The van der Waals surface area contributed by atoms with Crippen LogP contribution < -0.4 is 20.2 Å². The van der Waals surface area contributed by atoms with E-state index in [0.29, 0.717) is 11.4 Å². The van der Waals surface area contributed by atoms with Gasteiger partial charge in [-0.25, -0.2) is 9.18 Å². The van der Waals surface area contributed by atoms with Crippen LogP contribution in [0.15, 0.2) is 85.2 Å². The maximum atomic E-state index is 12.6. The summed E-state index contributed by atoms with van der Waals surface area (Å²) in [5.41, 5.74) is 4.90. The van der Waals surface area contributed by atoms with Crippen molar-refractivity contribution in [3.8, 4) is 0 Å². The number of halogens is 24. The minimum absolute atomic E-state index is 0.471. The smallest absolute Gasteiger partial charge is 0.414 e. The zero-order valence-corrected chi connectivity index (χ0v) is 38.2. The van der Waals surface area contributed by atoms with E-state index < -0.39 is 103 Å². The molecule has 0 fully saturated rings. The van der Waals surface area contributed by atoms with Crippen LogP contribution in [0.1, 0.15) is 6.42 Å². The third-order valence-corrected chi connectivity index (χ3v) is 13.8. The summed E-state index contributed by atoms with van der Waals surface area (Å²) in [4.78, 5) is 29.6. The molecule has 0 aromatic heterocycles. The largest absolute Gasteiger partial charge is 0.470 e.